The lowest BCUT2D eigenvalue weighted by molar-refractivity contribution is 0.416. The fourth-order valence-corrected chi connectivity index (χ4v) is 2.62. The summed E-state index contributed by atoms with van der Waals surface area (Å²) in [6, 6.07) is 13.2. The molecule has 0 aliphatic rings. The van der Waals surface area contributed by atoms with E-state index in [4.69, 9.17) is 16.3 Å². The SMILES string of the molecule is COc1ccc(Cl)cc1-c1nc2c3ccccc3ncn2n1. The summed E-state index contributed by atoms with van der Waals surface area (Å²) in [5.41, 5.74) is 2.39. The summed E-state index contributed by atoms with van der Waals surface area (Å²) in [5.74, 6) is 1.23. The van der Waals surface area contributed by atoms with Crippen LogP contribution in [0.15, 0.2) is 48.8 Å². The Kier molecular flexibility index (Phi) is 2.94. The molecule has 0 spiro atoms. The van der Waals surface area contributed by atoms with Crippen molar-refractivity contribution in [3.8, 4) is 17.1 Å². The lowest BCUT2D eigenvalue weighted by Gasteiger charge is -2.04. The number of ether oxygens (including phenoxy) is 1. The maximum atomic E-state index is 6.09. The molecule has 2 aromatic heterocycles. The van der Waals surface area contributed by atoms with Gasteiger partial charge in [0.25, 0.3) is 0 Å². The van der Waals surface area contributed by atoms with Crippen molar-refractivity contribution in [2.45, 2.75) is 0 Å². The summed E-state index contributed by atoms with van der Waals surface area (Å²) in [5, 5.41) is 6.04. The molecule has 2 aromatic carbocycles. The minimum atomic E-state index is 0.553. The number of halogens is 1. The molecule has 0 bridgehead atoms. The van der Waals surface area contributed by atoms with E-state index in [1.54, 1.807) is 36.2 Å². The number of hydrogen-bond acceptors (Lipinski definition) is 4. The molecular weight excluding hydrogens is 300 g/mol. The van der Waals surface area contributed by atoms with Gasteiger partial charge < -0.3 is 4.74 Å². The molecule has 4 aromatic rings. The van der Waals surface area contributed by atoms with E-state index in [0.717, 1.165) is 22.1 Å². The summed E-state index contributed by atoms with van der Waals surface area (Å²) in [6.45, 7) is 0. The molecule has 5 nitrogen and oxygen atoms in total. The first-order valence-corrected chi connectivity index (χ1v) is 7.08. The Morgan fingerprint density at radius 3 is 2.86 bits per heavy atom. The number of benzene rings is 2. The van der Waals surface area contributed by atoms with Crippen molar-refractivity contribution in [2.24, 2.45) is 0 Å². The van der Waals surface area contributed by atoms with Crippen LogP contribution < -0.4 is 4.74 Å². The number of rotatable bonds is 2. The molecular formula is C16H11ClN4O. The van der Waals surface area contributed by atoms with Gasteiger partial charge in [-0.15, -0.1) is 5.10 Å². The minimum absolute atomic E-state index is 0.553. The number of fused-ring (bicyclic) bond motifs is 3. The second kappa shape index (κ2) is 4.96. The molecule has 0 atom stereocenters. The van der Waals surface area contributed by atoms with Crippen LogP contribution in [0.2, 0.25) is 5.02 Å². The smallest absolute Gasteiger partial charge is 0.186 e. The quantitative estimate of drug-likeness (QED) is 0.567. The van der Waals surface area contributed by atoms with Gasteiger partial charge in [0.1, 0.15) is 12.1 Å². The molecule has 0 saturated carbocycles. The topological polar surface area (TPSA) is 52.3 Å². The normalized spacial score (nSPS) is 11.2. The van der Waals surface area contributed by atoms with E-state index in [1.807, 2.05) is 24.3 Å². The van der Waals surface area contributed by atoms with Crippen molar-refractivity contribution in [1.82, 2.24) is 19.6 Å². The monoisotopic (exact) mass is 310 g/mol. The highest BCUT2D eigenvalue weighted by Crippen LogP contribution is 2.31. The first-order chi connectivity index (χ1) is 10.8. The fourth-order valence-electron chi connectivity index (χ4n) is 2.45. The third kappa shape index (κ3) is 1.98. The highest BCUT2D eigenvalue weighted by Gasteiger charge is 2.14. The summed E-state index contributed by atoms with van der Waals surface area (Å²) < 4.78 is 7.04. The van der Waals surface area contributed by atoms with Gasteiger partial charge in [-0.1, -0.05) is 23.7 Å². The Bertz CT molecular complexity index is 996. The van der Waals surface area contributed by atoms with E-state index in [2.05, 4.69) is 15.1 Å². The van der Waals surface area contributed by atoms with Crippen LogP contribution in [0.5, 0.6) is 5.75 Å². The van der Waals surface area contributed by atoms with E-state index in [0.29, 0.717) is 16.6 Å². The molecule has 0 aliphatic carbocycles. The van der Waals surface area contributed by atoms with Crippen molar-refractivity contribution in [3.63, 3.8) is 0 Å². The Morgan fingerprint density at radius 2 is 2.00 bits per heavy atom. The van der Waals surface area contributed by atoms with E-state index in [9.17, 15) is 0 Å². The average Bonchev–Trinajstić information content (AvgIpc) is 2.99. The molecule has 0 N–H and O–H groups in total. The summed E-state index contributed by atoms with van der Waals surface area (Å²) in [7, 11) is 1.61. The predicted octanol–water partition coefficient (Wildman–Crippen LogP) is 3.61. The molecule has 0 aliphatic heterocycles. The van der Waals surface area contributed by atoms with Crippen LogP contribution >= 0.6 is 11.6 Å². The highest BCUT2D eigenvalue weighted by molar-refractivity contribution is 6.30. The van der Waals surface area contributed by atoms with Gasteiger partial charge in [0.05, 0.1) is 18.2 Å². The molecule has 22 heavy (non-hydrogen) atoms. The second-order valence-electron chi connectivity index (χ2n) is 4.81. The van der Waals surface area contributed by atoms with Gasteiger partial charge in [-0.3, -0.25) is 0 Å². The van der Waals surface area contributed by atoms with E-state index in [-0.39, 0.29) is 0 Å². The maximum Gasteiger partial charge on any atom is 0.186 e. The molecule has 0 unspecified atom stereocenters. The molecule has 0 fully saturated rings. The molecule has 0 radical (unpaired) electrons. The van der Waals surface area contributed by atoms with Crippen molar-refractivity contribution in [1.29, 1.82) is 0 Å². The van der Waals surface area contributed by atoms with Gasteiger partial charge in [0.2, 0.25) is 0 Å². The fraction of sp³-hybridized carbons (Fsp3) is 0.0625. The molecule has 0 amide bonds. The zero-order chi connectivity index (χ0) is 15.1. The molecule has 108 valence electrons. The van der Waals surface area contributed by atoms with Crippen LogP contribution in [-0.4, -0.2) is 26.7 Å². The molecule has 2 heterocycles. The van der Waals surface area contributed by atoms with Gasteiger partial charge in [0, 0.05) is 10.4 Å². The lowest BCUT2D eigenvalue weighted by Crippen LogP contribution is -1.91. The van der Waals surface area contributed by atoms with Crippen molar-refractivity contribution in [3.05, 3.63) is 53.8 Å². The third-order valence-electron chi connectivity index (χ3n) is 3.48. The number of aromatic nitrogens is 4. The maximum absolute atomic E-state index is 6.09. The molecule has 4 rings (SSSR count). The molecule has 0 saturated heterocycles. The summed E-state index contributed by atoms with van der Waals surface area (Å²) in [4.78, 5) is 9.01. The van der Waals surface area contributed by atoms with Crippen molar-refractivity contribution in [2.75, 3.05) is 7.11 Å². The van der Waals surface area contributed by atoms with Crippen LogP contribution in [-0.2, 0) is 0 Å². The van der Waals surface area contributed by atoms with Gasteiger partial charge in [-0.25, -0.2) is 14.5 Å². The van der Waals surface area contributed by atoms with Crippen LogP contribution in [0.1, 0.15) is 0 Å². The number of methoxy groups -OCH3 is 1. The van der Waals surface area contributed by atoms with Crippen LogP contribution in [0.4, 0.5) is 0 Å². The Morgan fingerprint density at radius 1 is 1.14 bits per heavy atom. The highest BCUT2D eigenvalue weighted by atomic mass is 35.5. The Labute approximate surface area is 131 Å². The number of para-hydroxylation sites is 1. The Balaban J connectivity index is 2.01. The second-order valence-corrected chi connectivity index (χ2v) is 5.25. The van der Waals surface area contributed by atoms with Gasteiger partial charge in [-0.05, 0) is 30.3 Å². The zero-order valence-electron chi connectivity index (χ0n) is 11.7. The number of hydrogen-bond donors (Lipinski definition) is 0. The van der Waals surface area contributed by atoms with Crippen LogP contribution in [0.3, 0.4) is 0 Å². The minimum Gasteiger partial charge on any atom is -0.496 e. The van der Waals surface area contributed by atoms with Crippen LogP contribution in [0, 0.1) is 0 Å². The van der Waals surface area contributed by atoms with E-state index in [1.165, 1.54) is 0 Å². The van der Waals surface area contributed by atoms with Crippen molar-refractivity contribution < 1.29 is 4.74 Å². The van der Waals surface area contributed by atoms with Gasteiger partial charge in [0.15, 0.2) is 11.5 Å². The standard InChI is InChI=1S/C16H11ClN4O/c1-22-14-7-6-10(17)8-12(14)15-19-16-11-4-2-3-5-13(11)18-9-21(16)20-15/h2-9H,1H3. The summed E-state index contributed by atoms with van der Waals surface area (Å²) in [6.07, 6.45) is 1.66. The molecule has 6 heteroatoms. The first kappa shape index (κ1) is 13.0. The average molecular weight is 311 g/mol. The largest absolute Gasteiger partial charge is 0.496 e. The van der Waals surface area contributed by atoms with E-state index < -0.39 is 0 Å². The number of nitrogens with zero attached hydrogens (tertiary/aromatic N) is 4. The zero-order valence-corrected chi connectivity index (χ0v) is 12.4. The Hall–Kier alpha value is -2.66. The van der Waals surface area contributed by atoms with Crippen molar-refractivity contribution >= 4 is 28.2 Å². The third-order valence-corrected chi connectivity index (χ3v) is 3.72. The van der Waals surface area contributed by atoms with Crippen LogP contribution in [0.25, 0.3) is 27.9 Å². The van der Waals surface area contributed by atoms with Gasteiger partial charge in [-0.2, -0.15) is 0 Å². The predicted molar refractivity (Wildman–Crippen MR) is 85.3 cm³/mol. The summed E-state index contributed by atoms with van der Waals surface area (Å²) >= 11 is 6.09. The lowest BCUT2D eigenvalue weighted by atomic mass is 10.2. The van der Waals surface area contributed by atoms with E-state index >= 15 is 0 Å². The van der Waals surface area contributed by atoms with Gasteiger partial charge >= 0.3 is 0 Å². The first-order valence-electron chi connectivity index (χ1n) is 6.70.